The van der Waals surface area contributed by atoms with Crippen molar-refractivity contribution in [3.8, 4) is 5.69 Å². The smallest absolute Gasteiger partial charge is 0.337 e. The SMILES string of the molecule is CN(C(=O)c1cnn(-c2cccc(F)c2)c1C(F)(F)F)C1CCN(Cc2ccccc2)C1. The molecule has 0 aliphatic carbocycles. The van der Waals surface area contributed by atoms with E-state index in [2.05, 4.69) is 10.00 Å². The molecule has 3 aromatic rings. The van der Waals surface area contributed by atoms with E-state index in [9.17, 15) is 22.4 Å². The number of alkyl halides is 3. The van der Waals surface area contributed by atoms with E-state index in [0.717, 1.165) is 30.4 Å². The standard InChI is InChI=1S/C23H22F4N4O/c1-29(19-10-11-30(15-19)14-16-6-3-2-4-7-16)22(32)20-13-28-31(21(20)23(25,26)27)18-9-5-8-17(24)12-18/h2-9,12-13,19H,10-11,14-15H2,1H3. The maximum absolute atomic E-state index is 13.9. The van der Waals surface area contributed by atoms with Gasteiger partial charge in [0.25, 0.3) is 5.91 Å². The van der Waals surface area contributed by atoms with E-state index in [1.54, 1.807) is 0 Å². The molecule has 1 fully saturated rings. The summed E-state index contributed by atoms with van der Waals surface area (Å²) in [6.07, 6.45) is -3.28. The summed E-state index contributed by atoms with van der Waals surface area (Å²) in [5.41, 5.74) is -0.725. The van der Waals surface area contributed by atoms with Crippen LogP contribution in [0.1, 0.15) is 28.0 Å². The summed E-state index contributed by atoms with van der Waals surface area (Å²) in [6, 6.07) is 14.3. The molecular weight excluding hydrogens is 424 g/mol. The van der Waals surface area contributed by atoms with Crippen LogP contribution in [0, 0.1) is 5.82 Å². The van der Waals surface area contributed by atoms with Gasteiger partial charge in [0, 0.05) is 32.7 Å². The maximum Gasteiger partial charge on any atom is 0.434 e. The number of amides is 1. The van der Waals surface area contributed by atoms with Gasteiger partial charge in [0.2, 0.25) is 0 Å². The molecule has 1 aliphatic heterocycles. The van der Waals surface area contributed by atoms with Crippen molar-refractivity contribution in [2.75, 3.05) is 20.1 Å². The monoisotopic (exact) mass is 446 g/mol. The summed E-state index contributed by atoms with van der Waals surface area (Å²) in [5, 5.41) is 3.77. The highest BCUT2D eigenvalue weighted by molar-refractivity contribution is 5.95. The lowest BCUT2D eigenvalue weighted by atomic mass is 10.1. The van der Waals surface area contributed by atoms with Crippen LogP contribution < -0.4 is 0 Å². The molecule has 2 aromatic carbocycles. The van der Waals surface area contributed by atoms with E-state index in [-0.39, 0.29) is 11.7 Å². The lowest BCUT2D eigenvalue weighted by Gasteiger charge is -2.25. The summed E-state index contributed by atoms with van der Waals surface area (Å²) >= 11 is 0. The summed E-state index contributed by atoms with van der Waals surface area (Å²) < 4.78 is 55.8. The molecule has 0 radical (unpaired) electrons. The van der Waals surface area contributed by atoms with Crippen LogP contribution in [0.15, 0.2) is 60.8 Å². The van der Waals surface area contributed by atoms with Crippen LogP contribution in [0.25, 0.3) is 5.69 Å². The van der Waals surface area contributed by atoms with E-state index in [0.29, 0.717) is 24.2 Å². The fraction of sp³-hybridized carbons (Fsp3) is 0.304. The lowest BCUT2D eigenvalue weighted by Crippen LogP contribution is -2.39. The van der Waals surface area contributed by atoms with Crippen LogP contribution in [0.4, 0.5) is 17.6 Å². The molecule has 168 valence electrons. The Morgan fingerprint density at radius 1 is 1.16 bits per heavy atom. The number of benzene rings is 2. The number of rotatable bonds is 5. The number of carbonyl (C=O) groups is 1. The fourth-order valence-corrected chi connectivity index (χ4v) is 4.05. The van der Waals surface area contributed by atoms with Crippen LogP contribution in [-0.4, -0.2) is 51.7 Å². The van der Waals surface area contributed by atoms with Crippen molar-refractivity contribution in [3.63, 3.8) is 0 Å². The molecule has 0 bridgehead atoms. The fourth-order valence-electron chi connectivity index (χ4n) is 4.05. The highest BCUT2D eigenvalue weighted by Gasteiger charge is 2.42. The van der Waals surface area contributed by atoms with E-state index >= 15 is 0 Å². The Hall–Kier alpha value is -3.20. The Morgan fingerprint density at radius 3 is 2.59 bits per heavy atom. The Bertz CT molecular complexity index is 1100. The minimum absolute atomic E-state index is 0.103. The molecule has 1 aliphatic rings. The highest BCUT2D eigenvalue weighted by atomic mass is 19.4. The Morgan fingerprint density at radius 2 is 1.91 bits per heavy atom. The number of likely N-dealkylation sites (N-methyl/N-ethyl adjacent to an activating group) is 1. The van der Waals surface area contributed by atoms with E-state index < -0.39 is 29.2 Å². The molecule has 1 atom stereocenters. The van der Waals surface area contributed by atoms with Gasteiger partial charge in [-0.05, 0) is 30.2 Å². The summed E-state index contributed by atoms with van der Waals surface area (Å²) in [4.78, 5) is 16.6. The molecule has 1 unspecified atom stereocenters. The first-order chi connectivity index (χ1) is 15.2. The second-order valence-corrected chi connectivity index (χ2v) is 7.88. The minimum Gasteiger partial charge on any atom is -0.337 e. The third-order valence-electron chi connectivity index (χ3n) is 5.69. The molecule has 0 spiro atoms. The van der Waals surface area contributed by atoms with Crippen molar-refractivity contribution in [3.05, 3.63) is 83.4 Å². The zero-order chi connectivity index (χ0) is 22.9. The predicted molar refractivity (Wildman–Crippen MR) is 111 cm³/mol. The summed E-state index contributed by atoms with van der Waals surface area (Å²) in [7, 11) is 1.51. The van der Waals surface area contributed by atoms with Crippen LogP contribution in [0.5, 0.6) is 0 Å². The van der Waals surface area contributed by atoms with Gasteiger partial charge in [-0.15, -0.1) is 0 Å². The van der Waals surface area contributed by atoms with Gasteiger partial charge in [-0.25, -0.2) is 9.07 Å². The highest BCUT2D eigenvalue weighted by Crippen LogP contribution is 2.34. The number of hydrogen-bond donors (Lipinski definition) is 0. The molecule has 5 nitrogen and oxygen atoms in total. The van der Waals surface area contributed by atoms with Crippen molar-refractivity contribution < 1.29 is 22.4 Å². The topological polar surface area (TPSA) is 41.4 Å². The molecule has 9 heteroatoms. The second-order valence-electron chi connectivity index (χ2n) is 7.88. The molecule has 1 saturated heterocycles. The van der Waals surface area contributed by atoms with Gasteiger partial charge in [0.1, 0.15) is 5.82 Å². The van der Waals surface area contributed by atoms with Gasteiger partial charge in [-0.2, -0.15) is 18.3 Å². The Balaban J connectivity index is 1.55. The largest absolute Gasteiger partial charge is 0.434 e. The predicted octanol–water partition coefficient (Wildman–Crippen LogP) is 4.38. The van der Waals surface area contributed by atoms with Crippen LogP contribution in [0.3, 0.4) is 0 Å². The number of nitrogens with zero attached hydrogens (tertiary/aromatic N) is 4. The van der Waals surface area contributed by atoms with Gasteiger partial charge >= 0.3 is 6.18 Å². The second kappa shape index (κ2) is 8.74. The van der Waals surface area contributed by atoms with Crippen molar-refractivity contribution in [1.82, 2.24) is 19.6 Å². The number of likely N-dealkylation sites (tertiary alicyclic amines) is 1. The van der Waals surface area contributed by atoms with Crippen LogP contribution in [0.2, 0.25) is 0 Å². The Labute approximate surface area is 182 Å². The average molecular weight is 446 g/mol. The van der Waals surface area contributed by atoms with Crippen molar-refractivity contribution in [1.29, 1.82) is 0 Å². The number of halogens is 4. The number of carbonyl (C=O) groups excluding carboxylic acids is 1. The van der Waals surface area contributed by atoms with Gasteiger partial charge in [0.15, 0.2) is 5.69 Å². The first kappa shape index (κ1) is 22.0. The third-order valence-corrected chi connectivity index (χ3v) is 5.69. The van der Waals surface area contributed by atoms with Gasteiger partial charge < -0.3 is 4.90 Å². The lowest BCUT2D eigenvalue weighted by molar-refractivity contribution is -0.143. The van der Waals surface area contributed by atoms with Crippen molar-refractivity contribution >= 4 is 5.91 Å². The molecule has 1 amide bonds. The minimum atomic E-state index is -4.84. The molecule has 0 N–H and O–H groups in total. The molecular formula is C23H22F4N4O. The van der Waals surface area contributed by atoms with Crippen LogP contribution >= 0.6 is 0 Å². The number of hydrogen-bond acceptors (Lipinski definition) is 3. The average Bonchev–Trinajstić information content (AvgIpc) is 3.41. The quantitative estimate of drug-likeness (QED) is 0.547. The van der Waals surface area contributed by atoms with Crippen molar-refractivity contribution in [2.45, 2.75) is 25.2 Å². The van der Waals surface area contributed by atoms with Crippen molar-refractivity contribution in [2.24, 2.45) is 0 Å². The normalized spacial score (nSPS) is 17.0. The molecule has 0 saturated carbocycles. The van der Waals surface area contributed by atoms with E-state index in [1.807, 2.05) is 30.3 Å². The molecule has 32 heavy (non-hydrogen) atoms. The zero-order valence-corrected chi connectivity index (χ0v) is 17.4. The number of aromatic nitrogens is 2. The summed E-state index contributed by atoms with van der Waals surface area (Å²) in [6.45, 7) is 2.02. The first-order valence-corrected chi connectivity index (χ1v) is 10.2. The third kappa shape index (κ3) is 4.52. The maximum atomic E-state index is 13.9. The first-order valence-electron chi connectivity index (χ1n) is 10.2. The van der Waals surface area contributed by atoms with Gasteiger partial charge in [0.05, 0.1) is 17.4 Å². The molecule has 1 aromatic heterocycles. The van der Waals surface area contributed by atoms with E-state index in [1.165, 1.54) is 24.1 Å². The van der Waals surface area contributed by atoms with Gasteiger partial charge in [-0.1, -0.05) is 36.4 Å². The molecule has 2 heterocycles. The van der Waals surface area contributed by atoms with Crippen LogP contribution in [-0.2, 0) is 12.7 Å². The zero-order valence-electron chi connectivity index (χ0n) is 17.4. The molecule has 4 rings (SSSR count). The van der Waals surface area contributed by atoms with Gasteiger partial charge in [-0.3, -0.25) is 9.69 Å². The summed E-state index contributed by atoms with van der Waals surface area (Å²) in [5.74, 6) is -1.45. The van der Waals surface area contributed by atoms with E-state index in [4.69, 9.17) is 0 Å². The Kier molecular flexibility index (Phi) is 6.01.